The molecule has 2 rings (SSSR count). The van der Waals surface area contributed by atoms with Crippen molar-refractivity contribution in [3.05, 3.63) is 28.5 Å². The van der Waals surface area contributed by atoms with Crippen LogP contribution < -0.4 is 10.1 Å². The van der Waals surface area contributed by atoms with Crippen LogP contribution >= 0.6 is 11.3 Å². The van der Waals surface area contributed by atoms with E-state index in [-0.39, 0.29) is 0 Å². The van der Waals surface area contributed by atoms with Crippen LogP contribution in [0.4, 0.5) is 0 Å². The summed E-state index contributed by atoms with van der Waals surface area (Å²) in [4.78, 5) is 4.46. The Morgan fingerprint density at radius 2 is 2.33 bits per heavy atom. The molecular formula is C12H18N4OS. The zero-order chi connectivity index (χ0) is 13.0. The van der Waals surface area contributed by atoms with Crippen LogP contribution in [0.2, 0.25) is 0 Å². The summed E-state index contributed by atoms with van der Waals surface area (Å²) in [6.45, 7) is 5.46. The molecule has 0 saturated heterocycles. The molecule has 18 heavy (non-hydrogen) atoms. The van der Waals surface area contributed by atoms with Crippen molar-refractivity contribution in [2.24, 2.45) is 0 Å². The minimum atomic E-state index is 0.351. The monoisotopic (exact) mass is 266 g/mol. The normalized spacial score (nSPS) is 11.1. The molecule has 98 valence electrons. The summed E-state index contributed by atoms with van der Waals surface area (Å²) in [6, 6.07) is 0.351. The van der Waals surface area contributed by atoms with E-state index in [0.29, 0.717) is 12.6 Å². The summed E-state index contributed by atoms with van der Waals surface area (Å²) < 4.78 is 7.53. The number of rotatable bonds is 6. The Morgan fingerprint density at radius 1 is 1.50 bits per heavy atom. The van der Waals surface area contributed by atoms with Gasteiger partial charge in [0, 0.05) is 18.0 Å². The third-order valence-electron chi connectivity index (χ3n) is 2.42. The molecule has 2 aromatic heterocycles. The fourth-order valence-electron chi connectivity index (χ4n) is 1.48. The van der Waals surface area contributed by atoms with Crippen LogP contribution in [0.3, 0.4) is 0 Å². The van der Waals surface area contributed by atoms with Crippen LogP contribution in [0.15, 0.2) is 17.8 Å². The number of nitrogens with one attached hydrogen (secondary N) is 1. The molecule has 0 fully saturated rings. The van der Waals surface area contributed by atoms with Gasteiger partial charge < -0.3 is 10.1 Å². The molecule has 0 unspecified atom stereocenters. The fraction of sp³-hybridized carbons (Fsp3) is 0.500. The van der Waals surface area contributed by atoms with E-state index in [1.165, 1.54) is 0 Å². The second kappa shape index (κ2) is 5.97. The molecule has 2 heterocycles. The Labute approximate surface area is 111 Å². The van der Waals surface area contributed by atoms with Gasteiger partial charge in [0.15, 0.2) is 5.75 Å². The van der Waals surface area contributed by atoms with Gasteiger partial charge in [-0.1, -0.05) is 0 Å². The van der Waals surface area contributed by atoms with Gasteiger partial charge in [-0.05, 0) is 20.9 Å². The predicted octanol–water partition coefficient (Wildman–Crippen LogP) is 2.22. The number of hydrogen-bond donors (Lipinski definition) is 1. The Balaban J connectivity index is 1.89. The quantitative estimate of drug-likeness (QED) is 0.871. The highest BCUT2D eigenvalue weighted by molar-refractivity contribution is 7.09. The third-order valence-corrected chi connectivity index (χ3v) is 3.32. The molecule has 0 atom stereocenters. The standard InChI is InChI=1S/C12H18N4OS/c1-9(2)16-6-11(4-14-16)17-7-10-8-18-12(15-10)5-13-3/h4,6,8-9,13H,5,7H2,1-3H3. The second-order valence-corrected chi connectivity index (χ2v) is 5.24. The maximum Gasteiger partial charge on any atom is 0.157 e. The Bertz CT molecular complexity index is 492. The summed E-state index contributed by atoms with van der Waals surface area (Å²) >= 11 is 1.64. The van der Waals surface area contributed by atoms with E-state index < -0.39 is 0 Å². The summed E-state index contributed by atoms with van der Waals surface area (Å²) in [6.07, 6.45) is 3.65. The van der Waals surface area contributed by atoms with E-state index in [0.717, 1.165) is 23.0 Å². The van der Waals surface area contributed by atoms with Crippen LogP contribution in [0.25, 0.3) is 0 Å². The molecule has 0 aromatic carbocycles. The van der Waals surface area contributed by atoms with E-state index in [1.807, 2.05) is 23.3 Å². The first-order chi connectivity index (χ1) is 8.69. The van der Waals surface area contributed by atoms with Crippen LogP contribution in [0, 0.1) is 0 Å². The molecule has 0 spiro atoms. The molecular weight excluding hydrogens is 248 g/mol. The lowest BCUT2D eigenvalue weighted by atomic mass is 10.4. The molecule has 0 saturated carbocycles. The number of nitrogens with zero attached hydrogens (tertiary/aromatic N) is 3. The van der Waals surface area contributed by atoms with Gasteiger partial charge in [-0.25, -0.2) is 4.98 Å². The van der Waals surface area contributed by atoms with Gasteiger partial charge in [0.1, 0.15) is 11.6 Å². The first-order valence-corrected chi connectivity index (χ1v) is 6.82. The van der Waals surface area contributed by atoms with Crippen molar-refractivity contribution in [1.82, 2.24) is 20.1 Å². The number of thiazole rings is 1. The first kappa shape index (κ1) is 13.0. The molecule has 6 heteroatoms. The van der Waals surface area contributed by atoms with Crippen LogP contribution in [0.5, 0.6) is 5.75 Å². The topological polar surface area (TPSA) is 52.0 Å². The van der Waals surface area contributed by atoms with Gasteiger partial charge in [0.2, 0.25) is 0 Å². The summed E-state index contributed by atoms with van der Waals surface area (Å²) in [5, 5.41) is 10.4. The van der Waals surface area contributed by atoms with Crippen molar-refractivity contribution in [2.45, 2.75) is 33.0 Å². The summed E-state index contributed by atoms with van der Waals surface area (Å²) in [7, 11) is 1.91. The number of hydrogen-bond acceptors (Lipinski definition) is 5. The molecule has 0 amide bonds. The zero-order valence-electron chi connectivity index (χ0n) is 10.9. The van der Waals surface area contributed by atoms with E-state index in [1.54, 1.807) is 17.5 Å². The Hall–Kier alpha value is -1.40. The third kappa shape index (κ3) is 3.30. The molecule has 1 N–H and O–H groups in total. The molecule has 2 aromatic rings. The van der Waals surface area contributed by atoms with Crippen molar-refractivity contribution < 1.29 is 4.74 Å². The van der Waals surface area contributed by atoms with Crippen molar-refractivity contribution >= 4 is 11.3 Å². The largest absolute Gasteiger partial charge is 0.484 e. The molecule has 0 bridgehead atoms. The average molecular weight is 266 g/mol. The fourth-order valence-corrected chi connectivity index (χ4v) is 2.27. The van der Waals surface area contributed by atoms with Crippen LogP contribution in [-0.2, 0) is 13.2 Å². The highest BCUT2D eigenvalue weighted by Crippen LogP contribution is 2.15. The molecule has 0 radical (unpaired) electrons. The maximum absolute atomic E-state index is 5.65. The lowest BCUT2D eigenvalue weighted by molar-refractivity contribution is 0.301. The van der Waals surface area contributed by atoms with Crippen LogP contribution in [0.1, 0.15) is 30.6 Å². The van der Waals surface area contributed by atoms with E-state index in [4.69, 9.17) is 4.74 Å². The molecule has 0 aliphatic rings. The van der Waals surface area contributed by atoms with Crippen molar-refractivity contribution in [2.75, 3.05) is 7.05 Å². The van der Waals surface area contributed by atoms with Gasteiger partial charge in [-0.15, -0.1) is 11.3 Å². The summed E-state index contributed by atoms with van der Waals surface area (Å²) in [5.74, 6) is 0.784. The van der Waals surface area contributed by atoms with Crippen molar-refractivity contribution in [3.63, 3.8) is 0 Å². The van der Waals surface area contributed by atoms with Crippen molar-refractivity contribution in [3.8, 4) is 5.75 Å². The zero-order valence-corrected chi connectivity index (χ0v) is 11.7. The van der Waals surface area contributed by atoms with Gasteiger partial charge in [-0.3, -0.25) is 4.68 Å². The Kier molecular flexibility index (Phi) is 4.33. The van der Waals surface area contributed by atoms with Crippen molar-refractivity contribution in [1.29, 1.82) is 0 Å². The van der Waals surface area contributed by atoms with Gasteiger partial charge in [-0.2, -0.15) is 5.10 Å². The van der Waals surface area contributed by atoms with Gasteiger partial charge in [0.05, 0.1) is 18.1 Å². The number of aromatic nitrogens is 3. The highest BCUT2D eigenvalue weighted by atomic mass is 32.1. The van der Waals surface area contributed by atoms with E-state index >= 15 is 0 Å². The van der Waals surface area contributed by atoms with E-state index in [9.17, 15) is 0 Å². The SMILES string of the molecule is CNCc1nc(COc2cnn(C(C)C)c2)cs1. The van der Waals surface area contributed by atoms with E-state index in [2.05, 4.69) is 29.2 Å². The number of ether oxygens (including phenoxy) is 1. The lowest BCUT2D eigenvalue weighted by Gasteiger charge is -2.03. The van der Waals surface area contributed by atoms with Gasteiger partial charge >= 0.3 is 0 Å². The summed E-state index contributed by atoms with van der Waals surface area (Å²) in [5.41, 5.74) is 0.961. The Morgan fingerprint density at radius 3 is 3.00 bits per heavy atom. The smallest absolute Gasteiger partial charge is 0.157 e. The van der Waals surface area contributed by atoms with Gasteiger partial charge in [0.25, 0.3) is 0 Å². The molecule has 5 nitrogen and oxygen atoms in total. The molecule has 0 aliphatic heterocycles. The maximum atomic E-state index is 5.65. The predicted molar refractivity (Wildman–Crippen MR) is 71.8 cm³/mol. The second-order valence-electron chi connectivity index (χ2n) is 4.30. The first-order valence-electron chi connectivity index (χ1n) is 5.94. The highest BCUT2D eigenvalue weighted by Gasteiger charge is 2.05. The molecule has 0 aliphatic carbocycles. The average Bonchev–Trinajstić information content (AvgIpc) is 2.95. The lowest BCUT2D eigenvalue weighted by Crippen LogP contribution is -2.05. The minimum absolute atomic E-state index is 0.351. The minimum Gasteiger partial charge on any atom is -0.484 e. The van der Waals surface area contributed by atoms with Crippen LogP contribution in [-0.4, -0.2) is 21.8 Å².